The number of amides is 1. The van der Waals surface area contributed by atoms with Crippen molar-refractivity contribution in [1.82, 2.24) is 29.8 Å². The summed E-state index contributed by atoms with van der Waals surface area (Å²) in [5.41, 5.74) is 3.53. The Bertz CT molecular complexity index is 1120. The van der Waals surface area contributed by atoms with Gasteiger partial charge in [-0.3, -0.25) is 14.5 Å². The van der Waals surface area contributed by atoms with Gasteiger partial charge in [0.2, 0.25) is 0 Å². The van der Waals surface area contributed by atoms with Crippen molar-refractivity contribution in [1.29, 1.82) is 0 Å². The first-order valence-electron chi connectivity index (χ1n) is 10.7. The average molecular weight is 419 g/mol. The molecule has 4 heterocycles. The minimum atomic E-state index is -0.0987. The quantitative estimate of drug-likeness (QED) is 0.683. The molecule has 1 aromatic carbocycles. The topological polar surface area (TPSA) is 87.1 Å². The minimum Gasteiger partial charge on any atom is -0.336 e. The zero-order chi connectivity index (χ0) is 21.4. The van der Waals surface area contributed by atoms with Gasteiger partial charge in [-0.25, -0.2) is 0 Å². The Hall–Kier alpha value is -3.26. The van der Waals surface area contributed by atoms with Crippen LogP contribution in [0.3, 0.4) is 0 Å². The monoisotopic (exact) mass is 418 g/mol. The molecule has 160 valence electrons. The summed E-state index contributed by atoms with van der Waals surface area (Å²) in [6.45, 7) is 3.32. The molecule has 0 saturated carbocycles. The molecule has 0 aliphatic carbocycles. The molecule has 8 nitrogen and oxygen atoms in total. The van der Waals surface area contributed by atoms with Gasteiger partial charge in [-0.1, -0.05) is 36.4 Å². The molecule has 8 heteroatoms. The van der Waals surface area contributed by atoms with Crippen LogP contribution in [0.2, 0.25) is 0 Å². The Kier molecular flexibility index (Phi) is 5.15. The van der Waals surface area contributed by atoms with Gasteiger partial charge in [-0.2, -0.15) is 15.4 Å². The second-order valence-electron chi connectivity index (χ2n) is 8.72. The number of aromatic amines is 1. The zero-order valence-electron chi connectivity index (χ0n) is 17.6. The highest BCUT2D eigenvalue weighted by Gasteiger charge is 2.37. The lowest BCUT2D eigenvalue weighted by Gasteiger charge is -2.42. The third-order valence-corrected chi connectivity index (χ3v) is 6.34. The van der Waals surface area contributed by atoms with Gasteiger partial charge in [0.25, 0.3) is 11.5 Å². The fourth-order valence-corrected chi connectivity index (χ4v) is 4.99. The molecule has 2 aromatic heterocycles. The van der Waals surface area contributed by atoms with E-state index < -0.39 is 0 Å². The van der Waals surface area contributed by atoms with Crippen LogP contribution in [0.5, 0.6) is 0 Å². The van der Waals surface area contributed by atoms with E-state index in [0.717, 1.165) is 24.2 Å². The molecule has 0 spiro atoms. The van der Waals surface area contributed by atoms with Crippen molar-refractivity contribution in [2.45, 2.75) is 32.0 Å². The summed E-state index contributed by atoms with van der Waals surface area (Å²) in [5, 5.41) is 10.2. The lowest BCUT2D eigenvalue weighted by molar-refractivity contribution is 0.0588. The van der Waals surface area contributed by atoms with Crippen molar-refractivity contribution in [3.05, 3.63) is 81.5 Å². The summed E-state index contributed by atoms with van der Waals surface area (Å²) in [4.78, 5) is 30.0. The van der Waals surface area contributed by atoms with Crippen molar-refractivity contribution in [3.8, 4) is 0 Å². The van der Waals surface area contributed by atoms with Crippen LogP contribution in [-0.4, -0.2) is 55.8 Å². The van der Waals surface area contributed by atoms with Crippen LogP contribution in [0.15, 0.2) is 53.5 Å². The highest BCUT2D eigenvalue weighted by Crippen LogP contribution is 2.35. The molecule has 0 unspecified atom stereocenters. The van der Waals surface area contributed by atoms with Crippen LogP contribution in [0.1, 0.15) is 39.6 Å². The van der Waals surface area contributed by atoms with Crippen LogP contribution in [0.25, 0.3) is 0 Å². The van der Waals surface area contributed by atoms with Crippen molar-refractivity contribution in [2.24, 2.45) is 5.92 Å². The van der Waals surface area contributed by atoms with Crippen molar-refractivity contribution in [3.63, 3.8) is 0 Å². The fraction of sp³-hybridized carbons (Fsp3) is 0.391. The normalized spacial score (nSPS) is 20.0. The van der Waals surface area contributed by atoms with E-state index in [1.165, 1.54) is 11.8 Å². The second-order valence-corrected chi connectivity index (χ2v) is 8.72. The SMILES string of the molecule is CN(Cc1ccccc1)Cc1ccc2n(c1=O)C[C@H]1C[C@@H]2CN(C(=O)c2cn[nH]n2)C1. The first-order valence-corrected chi connectivity index (χ1v) is 10.7. The van der Waals surface area contributed by atoms with Gasteiger partial charge in [-0.05, 0) is 31.0 Å². The maximum absolute atomic E-state index is 13.3. The number of benzene rings is 1. The van der Waals surface area contributed by atoms with Crippen molar-refractivity contribution in [2.75, 3.05) is 20.1 Å². The standard InChI is InChI=1S/C23H26N6O2/c1-27(11-16-5-3-2-4-6-16)14-18-7-8-21-19-9-17(13-29(21)22(18)30)12-28(15-19)23(31)20-10-24-26-25-20/h2-8,10,17,19H,9,11-15H2,1H3,(H,24,25,26)/t17-,19+/m0/s1. The van der Waals surface area contributed by atoms with E-state index in [0.29, 0.717) is 31.9 Å². The number of carbonyl (C=O) groups excluding carboxylic acids is 1. The van der Waals surface area contributed by atoms with Gasteiger partial charge in [0.05, 0.1) is 6.20 Å². The third-order valence-electron chi connectivity index (χ3n) is 6.34. The number of carbonyl (C=O) groups is 1. The smallest absolute Gasteiger partial charge is 0.276 e. The summed E-state index contributed by atoms with van der Waals surface area (Å²) in [6, 6.07) is 14.3. The predicted molar refractivity (Wildman–Crippen MR) is 115 cm³/mol. The number of aromatic nitrogens is 4. The molecular weight excluding hydrogens is 392 g/mol. The Morgan fingerprint density at radius 2 is 1.97 bits per heavy atom. The molecule has 1 saturated heterocycles. The molecule has 2 atom stereocenters. The fourth-order valence-electron chi connectivity index (χ4n) is 4.99. The molecule has 0 radical (unpaired) electrons. The van der Waals surface area contributed by atoms with E-state index in [-0.39, 0.29) is 23.3 Å². The molecule has 3 aromatic rings. The van der Waals surface area contributed by atoms with Gasteiger partial charge in [-0.15, -0.1) is 0 Å². The lowest BCUT2D eigenvalue weighted by Crippen LogP contribution is -2.49. The van der Waals surface area contributed by atoms with Gasteiger partial charge >= 0.3 is 0 Å². The van der Waals surface area contributed by atoms with Crippen LogP contribution < -0.4 is 5.56 Å². The zero-order valence-corrected chi connectivity index (χ0v) is 17.6. The maximum Gasteiger partial charge on any atom is 0.276 e. The molecule has 2 aliphatic rings. The molecule has 31 heavy (non-hydrogen) atoms. The average Bonchev–Trinajstić information content (AvgIpc) is 3.31. The van der Waals surface area contributed by atoms with Crippen LogP contribution >= 0.6 is 0 Å². The van der Waals surface area contributed by atoms with E-state index in [2.05, 4.69) is 38.5 Å². The number of pyridine rings is 1. The molecule has 2 aliphatic heterocycles. The lowest BCUT2D eigenvalue weighted by atomic mass is 9.83. The summed E-state index contributed by atoms with van der Waals surface area (Å²) in [5.74, 6) is 0.350. The van der Waals surface area contributed by atoms with E-state index in [4.69, 9.17) is 0 Å². The number of rotatable bonds is 5. The molecule has 5 rings (SSSR count). The minimum absolute atomic E-state index is 0.0987. The predicted octanol–water partition coefficient (Wildman–Crippen LogP) is 1.86. The number of nitrogens with one attached hydrogen (secondary N) is 1. The summed E-state index contributed by atoms with van der Waals surface area (Å²) >= 11 is 0. The van der Waals surface area contributed by atoms with E-state index in [1.54, 1.807) is 0 Å². The van der Waals surface area contributed by atoms with Gasteiger partial charge in [0, 0.05) is 49.9 Å². The van der Waals surface area contributed by atoms with E-state index >= 15 is 0 Å². The highest BCUT2D eigenvalue weighted by atomic mass is 16.2. The van der Waals surface area contributed by atoms with Gasteiger partial charge in [0.1, 0.15) is 0 Å². The molecular formula is C23H26N6O2. The molecule has 1 fully saturated rings. The van der Waals surface area contributed by atoms with E-state index in [1.807, 2.05) is 40.8 Å². The first kappa shape index (κ1) is 19.7. The summed E-state index contributed by atoms with van der Waals surface area (Å²) < 4.78 is 1.95. The molecule has 1 amide bonds. The van der Waals surface area contributed by atoms with Gasteiger partial charge in [0.15, 0.2) is 5.69 Å². The summed E-state index contributed by atoms with van der Waals surface area (Å²) in [6.07, 6.45) is 2.47. The van der Waals surface area contributed by atoms with Crippen molar-refractivity contribution >= 4 is 5.91 Å². The first-order chi connectivity index (χ1) is 15.1. The largest absolute Gasteiger partial charge is 0.336 e. The number of fused-ring (bicyclic) bond motifs is 4. The second kappa shape index (κ2) is 8.11. The maximum atomic E-state index is 13.3. The van der Waals surface area contributed by atoms with Crippen molar-refractivity contribution < 1.29 is 4.79 Å². The number of likely N-dealkylation sites (tertiary alicyclic amines) is 1. The number of piperidine rings is 1. The Labute approximate surface area is 180 Å². The van der Waals surface area contributed by atoms with Crippen LogP contribution in [0.4, 0.5) is 0 Å². The molecule has 2 bridgehead atoms. The number of hydrogen-bond donors (Lipinski definition) is 1. The Morgan fingerprint density at radius 3 is 2.74 bits per heavy atom. The summed E-state index contributed by atoms with van der Waals surface area (Å²) in [7, 11) is 2.04. The number of nitrogens with zero attached hydrogens (tertiary/aromatic N) is 5. The molecule has 1 N–H and O–H groups in total. The van der Waals surface area contributed by atoms with Crippen LogP contribution in [0, 0.1) is 5.92 Å². The number of hydrogen-bond acceptors (Lipinski definition) is 5. The van der Waals surface area contributed by atoms with Crippen LogP contribution in [-0.2, 0) is 19.6 Å². The highest BCUT2D eigenvalue weighted by molar-refractivity contribution is 5.92. The third kappa shape index (κ3) is 3.90. The Balaban J connectivity index is 1.33. The van der Waals surface area contributed by atoms with E-state index in [9.17, 15) is 9.59 Å². The number of H-pyrrole nitrogens is 1. The Morgan fingerprint density at radius 1 is 1.13 bits per heavy atom. The van der Waals surface area contributed by atoms with Gasteiger partial charge < -0.3 is 9.47 Å².